The van der Waals surface area contributed by atoms with Crippen LogP contribution in [0.25, 0.3) is 0 Å². The molecule has 3 rings (SSSR count). The molecule has 1 aliphatic rings. The van der Waals surface area contributed by atoms with Gasteiger partial charge in [0.2, 0.25) is 0 Å². The number of ether oxygens (including phenoxy) is 1. The maximum Gasteiger partial charge on any atom is 0.272 e. The van der Waals surface area contributed by atoms with Crippen molar-refractivity contribution in [2.24, 2.45) is 5.73 Å². The predicted octanol–water partition coefficient (Wildman–Crippen LogP) is 3.26. The van der Waals surface area contributed by atoms with Crippen LogP contribution >= 0.6 is 0 Å². The molecular weight excluding hydrogens is 310 g/mol. The summed E-state index contributed by atoms with van der Waals surface area (Å²) >= 11 is 0. The number of nitrogens with zero attached hydrogens (tertiary/aromatic N) is 1. The van der Waals surface area contributed by atoms with Crippen LogP contribution < -0.4 is 10.5 Å². The molecule has 0 saturated carbocycles. The molecule has 3 nitrogen and oxygen atoms in total. The molecule has 0 spiro atoms. The number of hydrogen-bond donors (Lipinski definition) is 1. The molecule has 2 aromatic carbocycles. The predicted molar refractivity (Wildman–Crippen MR) is 90.4 cm³/mol. The molecule has 1 heterocycles. The van der Waals surface area contributed by atoms with Crippen LogP contribution in [0.4, 0.5) is 8.78 Å². The highest BCUT2D eigenvalue weighted by atomic mass is 19.3. The van der Waals surface area contributed by atoms with Gasteiger partial charge in [-0.2, -0.15) is 0 Å². The zero-order chi connectivity index (χ0) is 16.9. The molecule has 128 valence electrons. The number of rotatable bonds is 6. The first-order valence-electron chi connectivity index (χ1n) is 8.14. The molecule has 1 saturated heterocycles. The fourth-order valence-electron chi connectivity index (χ4n) is 3.20. The van der Waals surface area contributed by atoms with E-state index in [0.29, 0.717) is 11.7 Å². The van der Waals surface area contributed by atoms with Gasteiger partial charge in [-0.05, 0) is 23.3 Å². The second-order valence-electron chi connectivity index (χ2n) is 6.22. The van der Waals surface area contributed by atoms with E-state index in [0.717, 1.165) is 25.2 Å². The molecule has 1 aliphatic heterocycles. The summed E-state index contributed by atoms with van der Waals surface area (Å²) in [6.45, 7) is 2.00. The molecule has 2 N–H and O–H groups in total. The topological polar surface area (TPSA) is 38.5 Å². The van der Waals surface area contributed by atoms with E-state index in [1.807, 2.05) is 30.3 Å². The summed E-state index contributed by atoms with van der Waals surface area (Å²) in [7, 11) is 0. The SMILES string of the molecule is N[C@@H]1CN(Cc2ccc(OCC(F)F)cc2)C[C@H]1c1ccccc1. The van der Waals surface area contributed by atoms with Crippen molar-refractivity contribution in [3.05, 3.63) is 65.7 Å². The molecule has 24 heavy (non-hydrogen) atoms. The van der Waals surface area contributed by atoms with E-state index in [2.05, 4.69) is 17.0 Å². The van der Waals surface area contributed by atoms with Gasteiger partial charge in [0.25, 0.3) is 6.43 Å². The summed E-state index contributed by atoms with van der Waals surface area (Å²) < 4.78 is 29.3. The summed E-state index contributed by atoms with van der Waals surface area (Å²) in [5, 5.41) is 0. The largest absolute Gasteiger partial charge is 0.488 e. The normalized spacial score (nSPS) is 21.3. The Kier molecular flexibility index (Phi) is 5.43. The average molecular weight is 332 g/mol. The highest BCUT2D eigenvalue weighted by molar-refractivity contribution is 5.28. The number of alkyl halides is 2. The number of benzene rings is 2. The van der Waals surface area contributed by atoms with Crippen molar-refractivity contribution < 1.29 is 13.5 Å². The fourth-order valence-corrected chi connectivity index (χ4v) is 3.20. The highest BCUT2D eigenvalue weighted by Gasteiger charge is 2.30. The van der Waals surface area contributed by atoms with Crippen molar-refractivity contribution in [2.75, 3.05) is 19.7 Å². The van der Waals surface area contributed by atoms with Crippen molar-refractivity contribution in [1.29, 1.82) is 0 Å². The summed E-state index contributed by atoms with van der Waals surface area (Å²) in [6, 6.07) is 17.8. The summed E-state index contributed by atoms with van der Waals surface area (Å²) in [4.78, 5) is 2.33. The first-order chi connectivity index (χ1) is 11.6. The van der Waals surface area contributed by atoms with Crippen LogP contribution in [-0.4, -0.2) is 37.1 Å². The number of nitrogens with two attached hydrogens (primary N) is 1. The van der Waals surface area contributed by atoms with Crippen LogP contribution in [0.5, 0.6) is 5.75 Å². The van der Waals surface area contributed by atoms with Gasteiger partial charge in [-0.15, -0.1) is 0 Å². The van der Waals surface area contributed by atoms with Gasteiger partial charge < -0.3 is 10.5 Å². The molecule has 0 amide bonds. The van der Waals surface area contributed by atoms with Crippen molar-refractivity contribution in [2.45, 2.75) is 24.9 Å². The second kappa shape index (κ2) is 7.73. The lowest BCUT2D eigenvalue weighted by Gasteiger charge is -2.16. The van der Waals surface area contributed by atoms with E-state index in [1.165, 1.54) is 5.56 Å². The molecule has 5 heteroatoms. The van der Waals surface area contributed by atoms with Crippen LogP contribution in [0, 0.1) is 0 Å². The van der Waals surface area contributed by atoms with Crippen molar-refractivity contribution in [1.82, 2.24) is 4.90 Å². The lowest BCUT2D eigenvalue weighted by atomic mass is 9.95. The summed E-state index contributed by atoms with van der Waals surface area (Å²) in [6.07, 6.45) is -2.45. The molecule has 0 aliphatic carbocycles. The molecule has 0 radical (unpaired) electrons. The fraction of sp³-hybridized carbons (Fsp3) is 0.368. The Labute approximate surface area is 141 Å². The minimum absolute atomic E-state index is 0.126. The van der Waals surface area contributed by atoms with Gasteiger partial charge in [0.15, 0.2) is 0 Å². The Morgan fingerprint density at radius 1 is 1.04 bits per heavy atom. The Morgan fingerprint density at radius 3 is 2.42 bits per heavy atom. The first kappa shape index (κ1) is 16.9. The number of likely N-dealkylation sites (tertiary alicyclic amines) is 1. The third kappa shape index (κ3) is 4.30. The van der Waals surface area contributed by atoms with E-state index < -0.39 is 13.0 Å². The monoisotopic (exact) mass is 332 g/mol. The average Bonchev–Trinajstić information content (AvgIpc) is 2.95. The van der Waals surface area contributed by atoms with Crippen LogP contribution in [0.1, 0.15) is 17.0 Å². The third-order valence-corrected chi connectivity index (χ3v) is 4.37. The van der Waals surface area contributed by atoms with Crippen molar-refractivity contribution in [3.8, 4) is 5.75 Å². The molecule has 0 aromatic heterocycles. The smallest absolute Gasteiger partial charge is 0.272 e. The Balaban J connectivity index is 1.57. The maximum absolute atomic E-state index is 12.1. The Bertz CT molecular complexity index is 634. The van der Waals surface area contributed by atoms with Gasteiger partial charge in [-0.3, -0.25) is 4.90 Å². The van der Waals surface area contributed by atoms with Gasteiger partial charge in [0, 0.05) is 31.6 Å². The Hall–Kier alpha value is -1.98. The molecule has 2 aromatic rings. The van der Waals surface area contributed by atoms with Crippen LogP contribution in [0.15, 0.2) is 54.6 Å². The molecule has 0 bridgehead atoms. The zero-order valence-electron chi connectivity index (χ0n) is 13.4. The van der Waals surface area contributed by atoms with Gasteiger partial charge in [0.05, 0.1) is 0 Å². The Morgan fingerprint density at radius 2 is 1.75 bits per heavy atom. The van der Waals surface area contributed by atoms with Crippen molar-refractivity contribution >= 4 is 0 Å². The molecular formula is C19H22F2N2O. The number of halogens is 2. The second-order valence-corrected chi connectivity index (χ2v) is 6.22. The van der Waals surface area contributed by atoms with Crippen LogP contribution in [0.3, 0.4) is 0 Å². The van der Waals surface area contributed by atoms with E-state index in [4.69, 9.17) is 10.5 Å². The maximum atomic E-state index is 12.1. The highest BCUT2D eigenvalue weighted by Crippen LogP contribution is 2.27. The van der Waals surface area contributed by atoms with E-state index in [-0.39, 0.29) is 6.04 Å². The van der Waals surface area contributed by atoms with Crippen molar-refractivity contribution in [3.63, 3.8) is 0 Å². The van der Waals surface area contributed by atoms with E-state index in [9.17, 15) is 8.78 Å². The van der Waals surface area contributed by atoms with Gasteiger partial charge in [0.1, 0.15) is 12.4 Å². The molecule has 2 atom stereocenters. The molecule has 1 fully saturated rings. The lowest BCUT2D eigenvalue weighted by molar-refractivity contribution is 0.0819. The third-order valence-electron chi connectivity index (χ3n) is 4.37. The lowest BCUT2D eigenvalue weighted by Crippen LogP contribution is -2.28. The van der Waals surface area contributed by atoms with E-state index in [1.54, 1.807) is 12.1 Å². The van der Waals surface area contributed by atoms with Gasteiger partial charge in [-0.25, -0.2) is 8.78 Å². The number of hydrogen-bond acceptors (Lipinski definition) is 3. The van der Waals surface area contributed by atoms with Crippen LogP contribution in [-0.2, 0) is 6.54 Å². The van der Waals surface area contributed by atoms with E-state index >= 15 is 0 Å². The summed E-state index contributed by atoms with van der Waals surface area (Å²) in [5.41, 5.74) is 8.72. The zero-order valence-corrected chi connectivity index (χ0v) is 13.4. The molecule has 0 unspecified atom stereocenters. The first-order valence-corrected chi connectivity index (χ1v) is 8.14. The summed E-state index contributed by atoms with van der Waals surface area (Å²) in [5.74, 6) is 0.819. The van der Waals surface area contributed by atoms with Crippen LogP contribution in [0.2, 0.25) is 0 Å². The van der Waals surface area contributed by atoms with Gasteiger partial charge in [-0.1, -0.05) is 42.5 Å². The standard InChI is InChI=1S/C19H22F2N2O/c20-19(21)13-24-16-8-6-14(7-9-16)10-23-11-17(18(22)12-23)15-4-2-1-3-5-15/h1-9,17-19H,10-13,22H2/t17-,18+/m0/s1. The van der Waals surface area contributed by atoms with Gasteiger partial charge >= 0.3 is 0 Å². The quantitative estimate of drug-likeness (QED) is 0.882. The minimum Gasteiger partial charge on any atom is -0.488 e. The minimum atomic E-state index is -2.45.